The van der Waals surface area contributed by atoms with Gasteiger partial charge in [0.1, 0.15) is 5.82 Å². The van der Waals surface area contributed by atoms with Gasteiger partial charge in [0, 0.05) is 12.1 Å². The molecule has 1 aromatic carbocycles. The summed E-state index contributed by atoms with van der Waals surface area (Å²) in [5.74, 6) is 1.60. The fourth-order valence-electron chi connectivity index (χ4n) is 3.62. The molecule has 0 aliphatic heterocycles. The third-order valence-electron chi connectivity index (χ3n) is 4.80. The van der Waals surface area contributed by atoms with Crippen molar-refractivity contribution in [3.63, 3.8) is 0 Å². The van der Waals surface area contributed by atoms with Gasteiger partial charge < -0.3 is 10.3 Å². The standard InChI is InChI=1S/C15H19FIN3/c1-3-9-4-5-13(8(9)2)20-14-6-10(16)11(17)7-12(14)19-15(20)18/h6-9,13H,3-5H2,1-2H3,(H2,18,19). The molecular weight excluding hydrogens is 368 g/mol. The Balaban J connectivity index is 2.12. The molecule has 3 atom stereocenters. The summed E-state index contributed by atoms with van der Waals surface area (Å²) in [6.07, 6.45) is 3.51. The molecule has 20 heavy (non-hydrogen) atoms. The van der Waals surface area contributed by atoms with E-state index in [0.29, 0.717) is 21.5 Å². The maximum atomic E-state index is 13.9. The number of aromatic nitrogens is 2. The van der Waals surface area contributed by atoms with Crippen molar-refractivity contribution in [1.82, 2.24) is 9.55 Å². The maximum absolute atomic E-state index is 13.9. The number of benzene rings is 1. The van der Waals surface area contributed by atoms with Gasteiger partial charge in [-0.3, -0.25) is 0 Å². The van der Waals surface area contributed by atoms with E-state index in [1.807, 2.05) is 22.6 Å². The average molecular weight is 387 g/mol. The smallest absolute Gasteiger partial charge is 0.201 e. The number of rotatable bonds is 2. The highest BCUT2D eigenvalue weighted by atomic mass is 127. The van der Waals surface area contributed by atoms with Crippen LogP contribution in [0.3, 0.4) is 0 Å². The van der Waals surface area contributed by atoms with Crippen LogP contribution >= 0.6 is 22.6 Å². The van der Waals surface area contributed by atoms with E-state index in [4.69, 9.17) is 5.73 Å². The second kappa shape index (κ2) is 5.16. The minimum absolute atomic E-state index is 0.197. The van der Waals surface area contributed by atoms with Gasteiger partial charge >= 0.3 is 0 Å². The number of hydrogen-bond acceptors (Lipinski definition) is 2. The van der Waals surface area contributed by atoms with Crippen molar-refractivity contribution in [2.75, 3.05) is 5.73 Å². The van der Waals surface area contributed by atoms with Crippen LogP contribution in [0.5, 0.6) is 0 Å². The van der Waals surface area contributed by atoms with E-state index in [1.165, 1.54) is 12.8 Å². The molecule has 0 saturated heterocycles. The lowest BCUT2D eigenvalue weighted by Crippen LogP contribution is -2.17. The second-order valence-corrected chi connectivity index (χ2v) is 6.93. The van der Waals surface area contributed by atoms with Crippen LogP contribution in [0, 0.1) is 21.2 Å². The van der Waals surface area contributed by atoms with Gasteiger partial charge in [-0.2, -0.15) is 0 Å². The molecule has 2 aromatic rings. The predicted molar refractivity (Wildman–Crippen MR) is 88.0 cm³/mol. The zero-order valence-corrected chi connectivity index (χ0v) is 13.9. The van der Waals surface area contributed by atoms with Crippen molar-refractivity contribution in [2.24, 2.45) is 11.8 Å². The Hall–Kier alpha value is -0.850. The highest BCUT2D eigenvalue weighted by Gasteiger charge is 2.34. The zero-order valence-electron chi connectivity index (χ0n) is 11.7. The molecule has 1 aliphatic rings. The van der Waals surface area contributed by atoms with Gasteiger partial charge in [-0.15, -0.1) is 0 Å². The number of nitrogens with two attached hydrogens (primary N) is 1. The molecule has 1 saturated carbocycles. The number of nitrogens with zero attached hydrogens (tertiary/aromatic N) is 2. The van der Waals surface area contributed by atoms with Crippen molar-refractivity contribution in [3.8, 4) is 0 Å². The number of fused-ring (bicyclic) bond motifs is 1. The Labute approximate surface area is 131 Å². The highest BCUT2D eigenvalue weighted by molar-refractivity contribution is 14.1. The van der Waals surface area contributed by atoms with Gasteiger partial charge in [0.05, 0.1) is 14.6 Å². The monoisotopic (exact) mass is 387 g/mol. The van der Waals surface area contributed by atoms with Crippen molar-refractivity contribution in [3.05, 3.63) is 21.5 Å². The molecule has 1 aliphatic carbocycles. The molecule has 3 rings (SSSR count). The van der Waals surface area contributed by atoms with Crippen LogP contribution in [0.4, 0.5) is 10.3 Å². The van der Waals surface area contributed by atoms with Crippen LogP contribution in [0.25, 0.3) is 11.0 Å². The molecule has 5 heteroatoms. The Morgan fingerprint density at radius 2 is 2.20 bits per heavy atom. The van der Waals surface area contributed by atoms with Crippen LogP contribution in [0.2, 0.25) is 0 Å². The van der Waals surface area contributed by atoms with E-state index in [-0.39, 0.29) is 5.82 Å². The molecule has 3 unspecified atom stereocenters. The molecule has 0 bridgehead atoms. The summed E-state index contributed by atoms with van der Waals surface area (Å²) in [6.45, 7) is 4.51. The molecule has 1 heterocycles. The number of hydrogen-bond donors (Lipinski definition) is 1. The topological polar surface area (TPSA) is 43.8 Å². The summed E-state index contributed by atoms with van der Waals surface area (Å²) in [4.78, 5) is 4.41. The third kappa shape index (κ3) is 2.10. The van der Waals surface area contributed by atoms with Gasteiger partial charge in [0.2, 0.25) is 5.95 Å². The average Bonchev–Trinajstić information content (AvgIpc) is 2.90. The predicted octanol–water partition coefficient (Wildman–Crippen LogP) is 4.36. The summed E-state index contributed by atoms with van der Waals surface area (Å²) in [5, 5.41) is 0. The van der Waals surface area contributed by atoms with E-state index in [1.54, 1.807) is 12.1 Å². The van der Waals surface area contributed by atoms with Gasteiger partial charge in [-0.05, 0) is 53.3 Å². The molecule has 1 aromatic heterocycles. The normalized spacial score (nSPS) is 26.5. The Morgan fingerprint density at radius 3 is 2.85 bits per heavy atom. The number of imidazole rings is 1. The van der Waals surface area contributed by atoms with E-state index in [9.17, 15) is 4.39 Å². The Morgan fingerprint density at radius 1 is 1.45 bits per heavy atom. The first kappa shape index (κ1) is 14.1. The van der Waals surface area contributed by atoms with Crippen molar-refractivity contribution in [1.29, 1.82) is 0 Å². The molecule has 3 nitrogen and oxygen atoms in total. The van der Waals surface area contributed by atoms with Crippen LogP contribution in [-0.4, -0.2) is 9.55 Å². The molecule has 1 fully saturated rings. The van der Waals surface area contributed by atoms with E-state index >= 15 is 0 Å². The summed E-state index contributed by atoms with van der Waals surface area (Å²) in [5.41, 5.74) is 7.73. The lowest BCUT2D eigenvalue weighted by Gasteiger charge is -2.22. The molecule has 0 spiro atoms. The van der Waals surface area contributed by atoms with E-state index in [0.717, 1.165) is 23.4 Å². The largest absolute Gasteiger partial charge is 0.369 e. The first-order valence-electron chi connectivity index (χ1n) is 7.15. The number of nitrogen functional groups attached to an aromatic ring is 1. The van der Waals surface area contributed by atoms with Gasteiger partial charge in [0.15, 0.2) is 0 Å². The highest BCUT2D eigenvalue weighted by Crippen LogP contribution is 2.44. The summed E-state index contributed by atoms with van der Waals surface area (Å²) in [7, 11) is 0. The third-order valence-corrected chi connectivity index (χ3v) is 5.63. The lowest BCUT2D eigenvalue weighted by molar-refractivity contribution is 0.336. The quantitative estimate of drug-likeness (QED) is 0.779. The first-order chi connectivity index (χ1) is 9.52. The van der Waals surface area contributed by atoms with Gasteiger partial charge in [-0.1, -0.05) is 20.3 Å². The van der Waals surface area contributed by atoms with Crippen molar-refractivity contribution >= 4 is 39.6 Å². The second-order valence-electron chi connectivity index (χ2n) is 5.77. The Bertz CT molecular complexity index is 652. The number of halogens is 2. The summed E-state index contributed by atoms with van der Waals surface area (Å²) >= 11 is 1.99. The first-order valence-corrected chi connectivity index (χ1v) is 8.23. The van der Waals surface area contributed by atoms with Crippen LogP contribution in [0.1, 0.15) is 39.2 Å². The van der Waals surface area contributed by atoms with Crippen LogP contribution in [-0.2, 0) is 0 Å². The summed E-state index contributed by atoms with van der Waals surface area (Å²) in [6, 6.07) is 3.69. The van der Waals surface area contributed by atoms with E-state index in [2.05, 4.69) is 23.4 Å². The Kier molecular flexibility index (Phi) is 3.64. The van der Waals surface area contributed by atoms with Crippen molar-refractivity contribution < 1.29 is 4.39 Å². The number of anilines is 1. The molecule has 0 amide bonds. The zero-order chi connectivity index (χ0) is 14.4. The maximum Gasteiger partial charge on any atom is 0.201 e. The van der Waals surface area contributed by atoms with Crippen LogP contribution < -0.4 is 5.73 Å². The lowest BCUT2D eigenvalue weighted by atomic mass is 9.93. The molecule has 108 valence electrons. The minimum atomic E-state index is -0.197. The minimum Gasteiger partial charge on any atom is -0.369 e. The van der Waals surface area contributed by atoms with E-state index < -0.39 is 0 Å². The molecule has 0 radical (unpaired) electrons. The van der Waals surface area contributed by atoms with Crippen molar-refractivity contribution in [2.45, 2.75) is 39.2 Å². The summed E-state index contributed by atoms with van der Waals surface area (Å²) < 4.78 is 16.5. The fraction of sp³-hybridized carbons (Fsp3) is 0.533. The molecule has 2 N–H and O–H groups in total. The fourth-order valence-corrected chi connectivity index (χ4v) is 4.07. The molecular formula is C15H19FIN3. The van der Waals surface area contributed by atoms with Gasteiger partial charge in [0.25, 0.3) is 0 Å². The van der Waals surface area contributed by atoms with Crippen LogP contribution in [0.15, 0.2) is 12.1 Å². The van der Waals surface area contributed by atoms with Gasteiger partial charge in [-0.25, -0.2) is 9.37 Å². The SMILES string of the molecule is CCC1CCC(n2c(N)nc3cc(I)c(F)cc32)C1C.